The van der Waals surface area contributed by atoms with Crippen LogP contribution in [-0.4, -0.2) is 28.7 Å². The van der Waals surface area contributed by atoms with Gasteiger partial charge in [0, 0.05) is 5.54 Å². The zero-order chi connectivity index (χ0) is 12.9. The van der Waals surface area contributed by atoms with Crippen LogP contribution in [0.15, 0.2) is 0 Å². The van der Waals surface area contributed by atoms with E-state index < -0.39 is 12.0 Å². The third-order valence-electron chi connectivity index (χ3n) is 3.38. The van der Waals surface area contributed by atoms with Crippen molar-refractivity contribution in [2.45, 2.75) is 64.0 Å². The average molecular weight is 242 g/mol. The maximum atomic E-state index is 11.7. The van der Waals surface area contributed by atoms with Crippen LogP contribution in [0.4, 0.5) is 4.79 Å². The monoisotopic (exact) mass is 242 g/mol. The van der Waals surface area contributed by atoms with Crippen LogP contribution in [0, 0.1) is 0 Å². The predicted octanol–water partition coefficient (Wildman–Crippen LogP) is 1.87. The summed E-state index contributed by atoms with van der Waals surface area (Å²) in [6, 6.07) is -1.18. The van der Waals surface area contributed by atoms with Gasteiger partial charge in [-0.15, -0.1) is 0 Å². The highest BCUT2D eigenvalue weighted by Crippen LogP contribution is 2.27. The Bertz CT molecular complexity index is 285. The second kappa shape index (κ2) is 5.89. The van der Waals surface area contributed by atoms with E-state index in [0.29, 0.717) is 6.42 Å². The van der Waals surface area contributed by atoms with Crippen LogP contribution in [0.3, 0.4) is 0 Å². The number of nitrogens with one attached hydrogen (secondary N) is 2. The molecule has 1 atom stereocenters. The number of aliphatic carboxylic acids is 1. The van der Waals surface area contributed by atoms with E-state index in [1.807, 2.05) is 6.92 Å². The highest BCUT2D eigenvalue weighted by atomic mass is 16.4. The molecule has 0 aromatic rings. The molecule has 1 aliphatic rings. The molecule has 1 saturated carbocycles. The van der Waals surface area contributed by atoms with E-state index in [0.717, 1.165) is 25.7 Å². The lowest BCUT2D eigenvalue weighted by molar-refractivity contribution is -0.139. The molecule has 2 amide bonds. The van der Waals surface area contributed by atoms with Crippen LogP contribution in [0.5, 0.6) is 0 Å². The lowest BCUT2D eigenvalue weighted by Crippen LogP contribution is -2.54. The Kier molecular flexibility index (Phi) is 4.78. The van der Waals surface area contributed by atoms with Gasteiger partial charge in [-0.3, -0.25) is 0 Å². The summed E-state index contributed by atoms with van der Waals surface area (Å²) in [5.41, 5.74) is -0.181. The number of carboxylic acid groups (broad SMARTS) is 1. The van der Waals surface area contributed by atoms with Gasteiger partial charge in [-0.05, 0) is 26.2 Å². The van der Waals surface area contributed by atoms with Crippen LogP contribution in [-0.2, 0) is 4.79 Å². The van der Waals surface area contributed by atoms with Gasteiger partial charge >= 0.3 is 12.0 Å². The largest absolute Gasteiger partial charge is 0.480 e. The summed E-state index contributed by atoms with van der Waals surface area (Å²) in [5, 5.41) is 14.2. The van der Waals surface area contributed by atoms with Crippen LogP contribution in [0.25, 0.3) is 0 Å². The summed E-state index contributed by atoms with van der Waals surface area (Å²) >= 11 is 0. The van der Waals surface area contributed by atoms with Crippen molar-refractivity contribution in [3.05, 3.63) is 0 Å². The summed E-state index contributed by atoms with van der Waals surface area (Å²) < 4.78 is 0. The number of hydrogen-bond acceptors (Lipinski definition) is 2. The van der Waals surface area contributed by atoms with Gasteiger partial charge in [0.1, 0.15) is 6.04 Å². The van der Waals surface area contributed by atoms with Crippen molar-refractivity contribution in [3.8, 4) is 0 Å². The van der Waals surface area contributed by atoms with Crippen molar-refractivity contribution in [2.24, 2.45) is 0 Å². The van der Waals surface area contributed by atoms with E-state index in [1.165, 1.54) is 6.42 Å². The summed E-state index contributed by atoms with van der Waals surface area (Å²) in [6.07, 6.45) is 5.76. The van der Waals surface area contributed by atoms with Gasteiger partial charge in [0.05, 0.1) is 0 Å². The summed E-state index contributed by atoms with van der Waals surface area (Å²) in [5.74, 6) is -0.989. The fraction of sp³-hybridized carbons (Fsp3) is 0.833. The Morgan fingerprint density at radius 2 is 1.88 bits per heavy atom. The summed E-state index contributed by atoms with van der Waals surface area (Å²) in [7, 11) is 0. The second-order valence-corrected chi connectivity index (χ2v) is 5.02. The summed E-state index contributed by atoms with van der Waals surface area (Å²) in [6.45, 7) is 3.76. The van der Waals surface area contributed by atoms with E-state index in [1.54, 1.807) is 6.92 Å². The Balaban J connectivity index is 2.45. The lowest BCUT2D eigenvalue weighted by atomic mass is 9.83. The van der Waals surface area contributed by atoms with Crippen molar-refractivity contribution < 1.29 is 14.7 Å². The van der Waals surface area contributed by atoms with Crippen LogP contribution < -0.4 is 10.6 Å². The molecular formula is C12H22N2O3. The van der Waals surface area contributed by atoms with Gasteiger partial charge in [-0.1, -0.05) is 26.2 Å². The zero-order valence-corrected chi connectivity index (χ0v) is 10.6. The molecule has 5 heteroatoms. The van der Waals surface area contributed by atoms with Crippen molar-refractivity contribution in [1.29, 1.82) is 0 Å². The molecule has 0 spiro atoms. The maximum absolute atomic E-state index is 11.7. The zero-order valence-electron chi connectivity index (χ0n) is 10.6. The third kappa shape index (κ3) is 4.24. The third-order valence-corrected chi connectivity index (χ3v) is 3.38. The topological polar surface area (TPSA) is 78.4 Å². The normalized spacial score (nSPS) is 20.4. The first-order valence-electron chi connectivity index (χ1n) is 6.28. The molecule has 0 unspecified atom stereocenters. The van der Waals surface area contributed by atoms with E-state index in [2.05, 4.69) is 10.6 Å². The number of urea groups is 1. The van der Waals surface area contributed by atoms with Crippen molar-refractivity contribution >= 4 is 12.0 Å². The van der Waals surface area contributed by atoms with Crippen LogP contribution in [0.2, 0.25) is 0 Å². The number of carboxylic acids is 1. The Morgan fingerprint density at radius 3 is 2.35 bits per heavy atom. The Morgan fingerprint density at radius 1 is 1.29 bits per heavy atom. The molecule has 0 bridgehead atoms. The Hall–Kier alpha value is -1.26. The second-order valence-electron chi connectivity index (χ2n) is 5.02. The molecule has 17 heavy (non-hydrogen) atoms. The van der Waals surface area contributed by atoms with Gasteiger partial charge in [-0.2, -0.15) is 0 Å². The van der Waals surface area contributed by atoms with Gasteiger partial charge in [0.25, 0.3) is 0 Å². The van der Waals surface area contributed by atoms with E-state index >= 15 is 0 Å². The molecule has 1 fully saturated rings. The van der Waals surface area contributed by atoms with Gasteiger partial charge < -0.3 is 15.7 Å². The molecule has 1 aliphatic carbocycles. The molecule has 0 saturated heterocycles. The first kappa shape index (κ1) is 13.8. The first-order valence-corrected chi connectivity index (χ1v) is 6.28. The highest BCUT2D eigenvalue weighted by Gasteiger charge is 2.29. The smallest absolute Gasteiger partial charge is 0.326 e. The number of amides is 2. The van der Waals surface area contributed by atoms with Gasteiger partial charge in [0.2, 0.25) is 0 Å². The lowest BCUT2D eigenvalue weighted by Gasteiger charge is -2.34. The molecule has 0 radical (unpaired) electrons. The van der Waals surface area contributed by atoms with Crippen molar-refractivity contribution in [1.82, 2.24) is 10.6 Å². The van der Waals surface area contributed by atoms with E-state index in [-0.39, 0.29) is 11.6 Å². The standard InChI is InChI=1S/C12H22N2O3/c1-3-9(10(15)16)13-11(17)14-12(2)7-5-4-6-8-12/h9H,3-8H2,1-2H3,(H,15,16)(H2,13,14,17)/t9-/m0/s1. The molecule has 98 valence electrons. The molecule has 0 aromatic heterocycles. The SMILES string of the molecule is CC[C@H](NC(=O)NC1(C)CCCCC1)C(=O)O. The van der Waals surface area contributed by atoms with Crippen LogP contribution in [0.1, 0.15) is 52.4 Å². The number of hydrogen-bond donors (Lipinski definition) is 3. The minimum atomic E-state index is -0.989. The maximum Gasteiger partial charge on any atom is 0.326 e. The highest BCUT2D eigenvalue weighted by molar-refractivity contribution is 5.82. The number of rotatable bonds is 4. The average Bonchev–Trinajstić information content (AvgIpc) is 2.25. The molecule has 1 rings (SSSR count). The minimum Gasteiger partial charge on any atom is -0.480 e. The fourth-order valence-corrected chi connectivity index (χ4v) is 2.26. The molecule has 0 aromatic carbocycles. The molecule has 0 aliphatic heterocycles. The molecule has 5 nitrogen and oxygen atoms in total. The van der Waals surface area contributed by atoms with Gasteiger partial charge in [0.15, 0.2) is 0 Å². The quantitative estimate of drug-likeness (QED) is 0.704. The molecule has 0 heterocycles. The minimum absolute atomic E-state index is 0.181. The molecular weight excluding hydrogens is 220 g/mol. The predicted molar refractivity (Wildman–Crippen MR) is 64.9 cm³/mol. The van der Waals surface area contributed by atoms with Crippen molar-refractivity contribution in [3.63, 3.8) is 0 Å². The Labute approximate surface area is 102 Å². The van der Waals surface area contributed by atoms with Crippen LogP contribution >= 0.6 is 0 Å². The van der Waals surface area contributed by atoms with E-state index in [9.17, 15) is 9.59 Å². The van der Waals surface area contributed by atoms with Crippen molar-refractivity contribution in [2.75, 3.05) is 0 Å². The summed E-state index contributed by atoms with van der Waals surface area (Å²) in [4.78, 5) is 22.5. The van der Waals surface area contributed by atoms with Gasteiger partial charge in [-0.25, -0.2) is 9.59 Å². The fourth-order valence-electron chi connectivity index (χ4n) is 2.26. The number of carbonyl (C=O) groups is 2. The first-order chi connectivity index (χ1) is 7.97. The van der Waals surface area contributed by atoms with E-state index in [4.69, 9.17) is 5.11 Å². The molecule has 3 N–H and O–H groups in total. The number of carbonyl (C=O) groups excluding carboxylic acids is 1.